The number of esters is 3. The molecule has 0 spiro atoms. The lowest BCUT2D eigenvalue weighted by Crippen LogP contribution is -2.28. The number of para-hydroxylation sites is 2. The van der Waals surface area contributed by atoms with Crippen molar-refractivity contribution in [3.8, 4) is 5.75 Å². The van der Waals surface area contributed by atoms with E-state index in [0.717, 1.165) is 0 Å². The second kappa shape index (κ2) is 11.1. The molecule has 2 aromatic carbocycles. The number of carbonyl (C=O) groups is 5. The highest BCUT2D eigenvalue weighted by molar-refractivity contribution is 6.04. The number of benzene rings is 2. The van der Waals surface area contributed by atoms with Crippen LogP contribution in [0.5, 0.6) is 5.75 Å². The van der Waals surface area contributed by atoms with Crippen LogP contribution in [0.25, 0.3) is 0 Å². The molecule has 0 aromatic heterocycles. The summed E-state index contributed by atoms with van der Waals surface area (Å²) in [5, 5.41) is 2.43. The Hall–Kier alpha value is -4.41. The van der Waals surface area contributed by atoms with E-state index >= 15 is 0 Å². The highest BCUT2D eigenvalue weighted by atomic mass is 16.5. The van der Waals surface area contributed by atoms with Gasteiger partial charge in [-0.15, -0.1) is 0 Å². The van der Waals surface area contributed by atoms with Crippen molar-refractivity contribution in [1.29, 1.82) is 0 Å². The van der Waals surface area contributed by atoms with Gasteiger partial charge in [0.05, 0.1) is 49.7 Å². The van der Waals surface area contributed by atoms with Crippen LogP contribution in [0.4, 0.5) is 11.4 Å². The summed E-state index contributed by atoms with van der Waals surface area (Å²) in [6, 6.07) is 10.8. The van der Waals surface area contributed by atoms with E-state index in [9.17, 15) is 24.0 Å². The Bertz CT molecular complexity index is 1160. The van der Waals surface area contributed by atoms with E-state index in [1.54, 1.807) is 24.3 Å². The maximum Gasteiger partial charge on any atom is 0.339 e. The van der Waals surface area contributed by atoms with Gasteiger partial charge in [0, 0.05) is 13.0 Å². The van der Waals surface area contributed by atoms with E-state index in [1.807, 2.05) is 0 Å². The standard InChI is InChI=1S/C24H24N2O9/c1-32-19-7-5-4-6-18(19)26-12-15(11-21(26)28)23(30)35-13-20(27)25-17-10-14(22(29)33-2)8-9-16(17)24(31)34-3/h4-10,15H,11-13H2,1-3H3,(H,25,27). The molecule has 2 aromatic rings. The lowest BCUT2D eigenvalue weighted by molar-refractivity contribution is -0.151. The number of amides is 2. The van der Waals surface area contributed by atoms with E-state index in [0.29, 0.717) is 11.4 Å². The van der Waals surface area contributed by atoms with E-state index < -0.39 is 36.3 Å². The molecule has 0 bridgehead atoms. The van der Waals surface area contributed by atoms with Crippen molar-refractivity contribution in [3.05, 3.63) is 53.6 Å². The molecule has 184 valence electrons. The fourth-order valence-corrected chi connectivity index (χ4v) is 3.57. The molecule has 1 heterocycles. The van der Waals surface area contributed by atoms with Gasteiger partial charge in [-0.3, -0.25) is 14.4 Å². The monoisotopic (exact) mass is 484 g/mol. The average molecular weight is 484 g/mol. The minimum atomic E-state index is -0.770. The molecule has 1 aliphatic rings. The molecule has 11 nitrogen and oxygen atoms in total. The second-order valence-corrected chi connectivity index (χ2v) is 7.48. The Kier molecular flexibility index (Phi) is 8.03. The number of nitrogens with one attached hydrogen (secondary N) is 1. The fourth-order valence-electron chi connectivity index (χ4n) is 3.57. The van der Waals surface area contributed by atoms with Gasteiger partial charge in [0.1, 0.15) is 5.75 Å². The quantitative estimate of drug-likeness (QED) is 0.439. The summed E-state index contributed by atoms with van der Waals surface area (Å²) in [6.45, 7) is -0.589. The molecule has 1 aliphatic heterocycles. The number of nitrogens with zero attached hydrogens (tertiary/aromatic N) is 1. The van der Waals surface area contributed by atoms with E-state index in [2.05, 4.69) is 14.8 Å². The van der Waals surface area contributed by atoms with Crippen LogP contribution in [0.2, 0.25) is 0 Å². The van der Waals surface area contributed by atoms with Gasteiger partial charge in [0.25, 0.3) is 5.91 Å². The van der Waals surface area contributed by atoms with Crippen molar-refractivity contribution in [2.45, 2.75) is 6.42 Å². The summed E-state index contributed by atoms with van der Waals surface area (Å²) in [5.74, 6) is -3.44. The number of hydrogen-bond donors (Lipinski definition) is 1. The Morgan fingerprint density at radius 3 is 2.40 bits per heavy atom. The summed E-state index contributed by atoms with van der Waals surface area (Å²) < 4.78 is 19.7. The molecule has 0 radical (unpaired) electrons. The zero-order valence-electron chi connectivity index (χ0n) is 19.4. The fraction of sp³-hybridized carbons (Fsp3) is 0.292. The zero-order chi connectivity index (χ0) is 25.5. The molecule has 1 saturated heterocycles. The third kappa shape index (κ3) is 5.75. The highest BCUT2D eigenvalue weighted by Crippen LogP contribution is 2.33. The van der Waals surface area contributed by atoms with Crippen molar-refractivity contribution in [3.63, 3.8) is 0 Å². The summed E-state index contributed by atoms with van der Waals surface area (Å²) in [4.78, 5) is 62.7. The first-order valence-electron chi connectivity index (χ1n) is 10.5. The SMILES string of the molecule is COC(=O)c1ccc(C(=O)OC)c(NC(=O)COC(=O)C2CC(=O)N(c3ccccc3OC)C2)c1. The average Bonchev–Trinajstić information content (AvgIpc) is 3.27. The van der Waals surface area contributed by atoms with Crippen molar-refractivity contribution >= 4 is 41.1 Å². The number of hydrogen-bond acceptors (Lipinski definition) is 9. The van der Waals surface area contributed by atoms with E-state index in [1.165, 1.54) is 44.4 Å². The predicted octanol–water partition coefficient (Wildman–Crippen LogP) is 1.80. The maximum absolute atomic E-state index is 12.5. The number of ether oxygens (including phenoxy) is 4. The van der Waals surface area contributed by atoms with Crippen LogP contribution < -0.4 is 15.0 Å². The molecular weight excluding hydrogens is 460 g/mol. The van der Waals surface area contributed by atoms with Crippen LogP contribution in [-0.4, -0.2) is 64.2 Å². The van der Waals surface area contributed by atoms with Crippen LogP contribution in [-0.2, 0) is 28.6 Å². The van der Waals surface area contributed by atoms with Crippen LogP contribution in [0.1, 0.15) is 27.1 Å². The van der Waals surface area contributed by atoms with Crippen molar-refractivity contribution in [2.24, 2.45) is 5.92 Å². The van der Waals surface area contributed by atoms with Crippen LogP contribution in [0.15, 0.2) is 42.5 Å². The van der Waals surface area contributed by atoms with Gasteiger partial charge in [0.15, 0.2) is 6.61 Å². The Morgan fingerprint density at radius 1 is 1.00 bits per heavy atom. The predicted molar refractivity (Wildman–Crippen MR) is 122 cm³/mol. The molecule has 1 fully saturated rings. The molecule has 35 heavy (non-hydrogen) atoms. The lowest BCUT2D eigenvalue weighted by Gasteiger charge is -2.19. The Balaban J connectivity index is 1.64. The third-order valence-corrected chi connectivity index (χ3v) is 5.30. The number of carbonyl (C=O) groups excluding carboxylic acids is 5. The lowest BCUT2D eigenvalue weighted by atomic mass is 10.1. The summed E-state index contributed by atoms with van der Waals surface area (Å²) in [6.07, 6.45) is -0.0772. The zero-order valence-corrected chi connectivity index (χ0v) is 19.4. The first-order chi connectivity index (χ1) is 16.8. The largest absolute Gasteiger partial charge is 0.495 e. The molecule has 1 unspecified atom stereocenters. The van der Waals surface area contributed by atoms with Crippen LogP contribution in [0, 0.1) is 5.92 Å². The van der Waals surface area contributed by atoms with Gasteiger partial charge in [-0.1, -0.05) is 12.1 Å². The molecule has 1 N–H and O–H groups in total. The van der Waals surface area contributed by atoms with Crippen molar-refractivity contribution in [2.75, 3.05) is 44.7 Å². The Morgan fingerprint density at radius 2 is 1.71 bits per heavy atom. The molecule has 0 aliphatic carbocycles. The minimum Gasteiger partial charge on any atom is -0.495 e. The van der Waals surface area contributed by atoms with Gasteiger partial charge in [-0.2, -0.15) is 0 Å². The normalized spacial score (nSPS) is 14.8. The molecule has 1 atom stereocenters. The summed E-state index contributed by atoms with van der Waals surface area (Å²) in [5.41, 5.74) is 0.607. The first kappa shape index (κ1) is 25.2. The number of rotatable bonds is 8. The maximum atomic E-state index is 12.5. The third-order valence-electron chi connectivity index (χ3n) is 5.30. The molecule has 2 amide bonds. The van der Waals surface area contributed by atoms with Crippen molar-refractivity contribution < 1.29 is 42.9 Å². The van der Waals surface area contributed by atoms with Crippen molar-refractivity contribution in [1.82, 2.24) is 0 Å². The molecular formula is C24H24N2O9. The second-order valence-electron chi connectivity index (χ2n) is 7.48. The van der Waals surface area contributed by atoms with Gasteiger partial charge in [0.2, 0.25) is 5.91 Å². The Labute approximate surface area is 200 Å². The molecule has 11 heteroatoms. The van der Waals surface area contributed by atoms with Gasteiger partial charge < -0.3 is 29.2 Å². The summed E-state index contributed by atoms with van der Waals surface area (Å²) >= 11 is 0. The minimum absolute atomic E-state index is 0.00586. The van der Waals surface area contributed by atoms with Gasteiger partial charge in [-0.05, 0) is 30.3 Å². The summed E-state index contributed by atoms with van der Waals surface area (Å²) in [7, 11) is 3.84. The van der Waals surface area contributed by atoms with E-state index in [4.69, 9.17) is 9.47 Å². The molecule has 0 saturated carbocycles. The van der Waals surface area contributed by atoms with Gasteiger partial charge >= 0.3 is 17.9 Å². The first-order valence-corrected chi connectivity index (χ1v) is 10.5. The van der Waals surface area contributed by atoms with Gasteiger partial charge in [-0.25, -0.2) is 9.59 Å². The van der Waals surface area contributed by atoms with Crippen LogP contribution in [0.3, 0.4) is 0 Å². The smallest absolute Gasteiger partial charge is 0.339 e. The number of methoxy groups -OCH3 is 3. The topological polar surface area (TPSA) is 138 Å². The number of anilines is 2. The van der Waals surface area contributed by atoms with E-state index in [-0.39, 0.29) is 35.7 Å². The molecule has 3 rings (SSSR count). The highest BCUT2D eigenvalue weighted by Gasteiger charge is 2.37. The van der Waals surface area contributed by atoms with Crippen LogP contribution >= 0.6 is 0 Å².